The molecule has 2 atom stereocenters. The van der Waals surface area contributed by atoms with Crippen LogP contribution in [0.25, 0.3) is 5.65 Å². The summed E-state index contributed by atoms with van der Waals surface area (Å²) < 4.78 is 1.70. The van der Waals surface area contributed by atoms with Crippen molar-refractivity contribution >= 4 is 17.2 Å². The maximum absolute atomic E-state index is 6.23. The molecule has 0 saturated carbocycles. The number of aromatic nitrogens is 5. The Morgan fingerprint density at radius 2 is 2.00 bits per heavy atom. The van der Waals surface area contributed by atoms with Crippen LogP contribution in [0.5, 0.6) is 0 Å². The minimum Gasteiger partial charge on any atom is -0.259 e. The van der Waals surface area contributed by atoms with E-state index < -0.39 is 0 Å². The third kappa shape index (κ3) is 1.87. The maximum atomic E-state index is 6.23. The van der Waals surface area contributed by atoms with Crippen LogP contribution in [0.4, 0.5) is 0 Å². The first-order valence-corrected chi connectivity index (χ1v) is 5.71. The van der Waals surface area contributed by atoms with Gasteiger partial charge >= 0.3 is 0 Å². The number of hydrogen-bond donors (Lipinski definition) is 0. The molecule has 0 aliphatic carbocycles. The molecular formula is C10H14ClN5. The Bertz CT molecular complexity index is 471. The lowest BCUT2D eigenvalue weighted by atomic mass is 9.90. The first-order valence-electron chi connectivity index (χ1n) is 5.27. The second-order valence-corrected chi connectivity index (χ2v) is 4.92. The monoisotopic (exact) mass is 239 g/mol. The van der Waals surface area contributed by atoms with E-state index in [9.17, 15) is 0 Å². The third-order valence-electron chi connectivity index (χ3n) is 2.69. The van der Waals surface area contributed by atoms with Crippen molar-refractivity contribution in [3.05, 3.63) is 18.1 Å². The van der Waals surface area contributed by atoms with Gasteiger partial charge in [0.25, 0.3) is 0 Å². The first kappa shape index (κ1) is 11.3. The average Bonchev–Trinajstić information content (AvgIpc) is 2.65. The Morgan fingerprint density at radius 1 is 1.25 bits per heavy atom. The number of nitrogens with zero attached hydrogens (tertiary/aromatic N) is 5. The van der Waals surface area contributed by atoms with Crippen LogP contribution >= 0.6 is 11.6 Å². The number of rotatable bonds is 3. The van der Waals surface area contributed by atoms with Crippen LogP contribution in [-0.2, 0) is 0 Å². The van der Waals surface area contributed by atoms with Gasteiger partial charge in [0.15, 0.2) is 5.65 Å². The summed E-state index contributed by atoms with van der Waals surface area (Å²) in [5.74, 6) is 0.588. The molecule has 6 heteroatoms. The highest BCUT2D eigenvalue weighted by molar-refractivity contribution is 6.20. The zero-order valence-corrected chi connectivity index (χ0v) is 10.3. The molecule has 2 unspecified atom stereocenters. The predicted molar refractivity (Wildman–Crippen MR) is 61.5 cm³/mol. The van der Waals surface area contributed by atoms with Crippen LogP contribution in [0.2, 0.25) is 0 Å². The van der Waals surface area contributed by atoms with Crippen LogP contribution in [-0.4, -0.2) is 30.4 Å². The summed E-state index contributed by atoms with van der Waals surface area (Å²) in [5.41, 5.74) is 1.61. The molecule has 86 valence electrons. The molecular weight excluding hydrogens is 226 g/mol. The van der Waals surface area contributed by atoms with Gasteiger partial charge in [-0.25, -0.2) is 0 Å². The zero-order valence-electron chi connectivity index (χ0n) is 9.50. The van der Waals surface area contributed by atoms with Crippen molar-refractivity contribution < 1.29 is 0 Å². The van der Waals surface area contributed by atoms with E-state index in [0.29, 0.717) is 11.6 Å². The van der Waals surface area contributed by atoms with E-state index in [4.69, 9.17) is 11.6 Å². The molecule has 0 amide bonds. The SMILES string of the molecule is CC(C)C(c1cncc2nnnn12)C(C)Cl. The van der Waals surface area contributed by atoms with E-state index in [1.165, 1.54) is 0 Å². The van der Waals surface area contributed by atoms with Gasteiger partial charge < -0.3 is 0 Å². The molecule has 0 aliphatic rings. The highest BCUT2D eigenvalue weighted by Gasteiger charge is 2.24. The molecule has 0 radical (unpaired) electrons. The number of alkyl halides is 1. The minimum absolute atomic E-state index is 0.0107. The van der Waals surface area contributed by atoms with Gasteiger partial charge in [-0.1, -0.05) is 13.8 Å². The Kier molecular flexibility index (Phi) is 3.05. The summed E-state index contributed by atoms with van der Waals surface area (Å²) in [6.07, 6.45) is 3.42. The first-order chi connectivity index (χ1) is 7.61. The van der Waals surface area contributed by atoms with Gasteiger partial charge in [0.1, 0.15) is 0 Å². The Balaban J connectivity index is 2.56. The summed E-state index contributed by atoms with van der Waals surface area (Å²) in [6.45, 7) is 6.24. The van der Waals surface area contributed by atoms with Crippen molar-refractivity contribution in [3.8, 4) is 0 Å². The van der Waals surface area contributed by atoms with E-state index >= 15 is 0 Å². The lowest BCUT2D eigenvalue weighted by molar-refractivity contribution is 0.467. The van der Waals surface area contributed by atoms with Gasteiger partial charge in [0.2, 0.25) is 0 Å². The van der Waals surface area contributed by atoms with Gasteiger partial charge in [-0.15, -0.1) is 16.7 Å². The van der Waals surface area contributed by atoms with E-state index in [1.807, 2.05) is 6.92 Å². The standard InChI is InChI=1S/C10H14ClN5/c1-6(2)10(7(3)11)8-4-12-5-9-13-14-15-16(8)9/h4-7,10H,1-3H3. The van der Waals surface area contributed by atoms with Crippen molar-refractivity contribution in [1.82, 2.24) is 25.0 Å². The third-order valence-corrected chi connectivity index (χ3v) is 2.96. The van der Waals surface area contributed by atoms with E-state index in [-0.39, 0.29) is 11.3 Å². The van der Waals surface area contributed by atoms with Gasteiger partial charge in [-0.2, -0.15) is 4.52 Å². The highest BCUT2D eigenvalue weighted by Crippen LogP contribution is 2.30. The fraction of sp³-hybridized carbons (Fsp3) is 0.600. The van der Waals surface area contributed by atoms with E-state index in [0.717, 1.165) is 5.69 Å². The smallest absolute Gasteiger partial charge is 0.197 e. The summed E-state index contributed by atoms with van der Waals surface area (Å²) in [4.78, 5) is 4.15. The molecule has 5 nitrogen and oxygen atoms in total. The van der Waals surface area contributed by atoms with E-state index in [2.05, 4.69) is 34.4 Å². The second-order valence-electron chi connectivity index (χ2n) is 4.23. The zero-order chi connectivity index (χ0) is 11.7. The van der Waals surface area contributed by atoms with Crippen LogP contribution in [0, 0.1) is 5.92 Å². The lowest BCUT2D eigenvalue weighted by Gasteiger charge is -2.23. The molecule has 16 heavy (non-hydrogen) atoms. The van der Waals surface area contributed by atoms with Gasteiger partial charge in [0.05, 0.1) is 11.9 Å². The van der Waals surface area contributed by atoms with Crippen LogP contribution < -0.4 is 0 Å². The number of hydrogen-bond acceptors (Lipinski definition) is 4. The van der Waals surface area contributed by atoms with Crippen molar-refractivity contribution in [2.75, 3.05) is 0 Å². The maximum Gasteiger partial charge on any atom is 0.197 e. The minimum atomic E-state index is 0.0107. The van der Waals surface area contributed by atoms with Crippen molar-refractivity contribution in [2.45, 2.75) is 32.1 Å². The van der Waals surface area contributed by atoms with Gasteiger partial charge in [-0.3, -0.25) is 4.98 Å². The van der Waals surface area contributed by atoms with Crippen LogP contribution in [0.15, 0.2) is 12.4 Å². The van der Waals surface area contributed by atoms with E-state index in [1.54, 1.807) is 16.9 Å². The normalized spacial score (nSPS) is 15.6. The largest absolute Gasteiger partial charge is 0.259 e. The van der Waals surface area contributed by atoms with Gasteiger partial charge in [-0.05, 0) is 23.3 Å². The lowest BCUT2D eigenvalue weighted by Crippen LogP contribution is -2.19. The van der Waals surface area contributed by atoms with Crippen molar-refractivity contribution in [2.24, 2.45) is 5.92 Å². The predicted octanol–water partition coefficient (Wildman–Crippen LogP) is 1.89. The molecule has 2 aromatic heterocycles. The molecule has 2 rings (SSSR count). The molecule has 0 N–H and O–H groups in total. The molecule has 0 bridgehead atoms. The topological polar surface area (TPSA) is 56.0 Å². The molecule has 2 heterocycles. The Hall–Kier alpha value is -1.23. The fourth-order valence-electron chi connectivity index (χ4n) is 2.03. The summed E-state index contributed by atoms with van der Waals surface area (Å²) in [7, 11) is 0. The average molecular weight is 240 g/mol. The second kappa shape index (κ2) is 4.33. The van der Waals surface area contributed by atoms with Crippen molar-refractivity contribution in [1.29, 1.82) is 0 Å². The quantitative estimate of drug-likeness (QED) is 0.768. The number of halogens is 1. The highest BCUT2D eigenvalue weighted by atomic mass is 35.5. The Labute approximate surface area is 98.8 Å². The van der Waals surface area contributed by atoms with Crippen LogP contribution in [0.3, 0.4) is 0 Å². The molecule has 2 aromatic rings. The summed E-state index contributed by atoms with van der Waals surface area (Å²) >= 11 is 6.23. The number of tetrazole rings is 1. The van der Waals surface area contributed by atoms with Crippen LogP contribution in [0.1, 0.15) is 32.4 Å². The van der Waals surface area contributed by atoms with Crippen molar-refractivity contribution in [3.63, 3.8) is 0 Å². The Morgan fingerprint density at radius 3 is 2.62 bits per heavy atom. The molecule has 0 aromatic carbocycles. The number of fused-ring (bicyclic) bond motifs is 1. The fourth-order valence-corrected chi connectivity index (χ4v) is 2.45. The summed E-state index contributed by atoms with van der Waals surface area (Å²) in [5, 5.41) is 11.5. The van der Waals surface area contributed by atoms with Gasteiger partial charge in [0, 0.05) is 17.5 Å². The summed E-state index contributed by atoms with van der Waals surface area (Å²) in [6, 6.07) is 0. The molecule has 0 fully saturated rings. The molecule has 0 aliphatic heterocycles. The molecule has 0 saturated heterocycles. The molecule has 0 spiro atoms.